The molecule has 0 saturated carbocycles. The first-order valence-electron chi connectivity index (χ1n) is 7.39. The van der Waals surface area contributed by atoms with Crippen molar-refractivity contribution >= 4 is 44.7 Å². The number of hydrogen-bond donors (Lipinski definition) is 1. The molecule has 3 heterocycles. The van der Waals surface area contributed by atoms with Gasteiger partial charge in [-0.2, -0.15) is 0 Å². The molecular formula is C15H22BrN5OS. The molecule has 6 nitrogen and oxygen atoms in total. The summed E-state index contributed by atoms with van der Waals surface area (Å²) in [6, 6.07) is 1.69. The Morgan fingerprint density at radius 3 is 3.04 bits per heavy atom. The van der Waals surface area contributed by atoms with Crippen molar-refractivity contribution < 1.29 is 7.65 Å². The number of halogens is 1. The van der Waals surface area contributed by atoms with Gasteiger partial charge >= 0.3 is 0 Å². The summed E-state index contributed by atoms with van der Waals surface area (Å²) in [5.74, 6) is 0.918. The van der Waals surface area contributed by atoms with Crippen LogP contribution in [0.15, 0.2) is 22.1 Å². The lowest BCUT2D eigenvalue weighted by Crippen LogP contribution is -2.29. The van der Waals surface area contributed by atoms with E-state index in [-0.39, 0.29) is 14.5 Å². The van der Waals surface area contributed by atoms with Crippen LogP contribution < -0.4 is 10.6 Å². The van der Waals surface area contributed by atoms with Gasteiger partial charge in [0.1, 0.15) is 11.6 Å². The van der Waals surface area contributed by atoms with Crippen LogP contribution in [0.1, 0.15) is 24.6 Å². The van der Waals surface area contributed by atoms with E-state index in [1.165, 1.54) is 11.3 Å². The number of nitrogens with zero attached hydrogens (tertiary/aromatic N) is 4. The Bertz CT molecular complexity index is 730. The van der Waals surface area contributed by atoms with Crippen LogP contribution in [0.25, 0.3) is 0 Å². The minimum absolute atomic E-state index is 0. The minimum atomic E-state index is -0.181. The van der Waals surface area contributed by atoms with Crippen LogP contribution >= 0.6 is 27.3 Å². The summed E-state index contributed by atoms with van der Waals surface area (Å²) in [6.45, 7) is 3.98. The second kappa shape index (κ2) is 6.94. The van der Waals surface area contributed by atoms with Gasteiger partial charge in [0.15, 0.2) is 5.01 Å². The maximum atomic E-state index is 12.6. The maximum Gasteiger partial charge on any atom is 0.225 e. The summed E-state index contributed by atoms with van der Waals surface area (Å²) in [5.41, 5.74) is 6.21. The van der Waals surface area contributed by atoms with E-state index in [2.05, 4.69) is 42.7 Å². The summed E-state index contributed by atoms with van der Waals surface area (Å²) >= 11 is 4.67. The van der Waals surface area contributed by atoms with E-state index >= 15 is 0 Å². The van der Waals surface area contributed by atoms with Crippen LogP contribution in [0.4, 0.5) is 11.6 Å². The van der Waals surface area contributed by atoms with Crippen molar-refractivity contribution in [3.63, 3.8) is 0 Å². The molecule has 1 aliphatic heterocycles. The van der Waals surface area contributed by atoms with Gasteiger partial charge in [0.05, 0.1) is 5.56 Å². The first-order chi connectivity index (χ1) is 11.0. The number of hydrogen-bond acceptors (Lipinski definition) is 7. The number of nitrogen functional groups attached to an aromatic ring is 1. The summed E-state index contributed by atoms with van der Waals surface area (Å²) in [5, 5.41) is 2.39. The molecule has 1 fully saturated rings. The fourth-order valence-electron chi connectivity index (χ4n) is 2.54. The number of likely N-dealkylation sites (N-methyl/N-ethyl adjacent to an activating group) is 1. The maximum absolute atomic E-state index is 12.6. The molecule has 0 radical (unpaired) electrons. The van der Waals surface area contributed by atoms with Gasteiger partial charge in [0.25, 0.3) is 0 Å². The zero-order valence-electron chi connectivity index (χ0n) is 12.8. The second-order valence-electron chi connectivity index (χ2n) is 5.57. The average Bonchev–Trinajstić information content (AvgIpc) is 2.92. The van der Waals surface area contributed by atoms with Crippen LogP contribution in [0.5, 0.6) is 0 Å². The molecule has 2 N–H and O–H groups in total. The van der Waals surface area contributed by atoms with Crippen molar-refractivity contribution in [2.75, 3.05) is 43.9 Å². The number of aromatic nitrogens is 2. The van der Waals surface area contributed by atoms with E-state index in [1.807, 2.05) is 5.38 Å². The monoisotopic (exact) mass is 399 g/mol. The van der Waals surface area contributed by atoms with Gasteiger partial charge in [0.2, 0.25) is 5.78 Å². The standard InChI is InChI=1S/C15H18BrN5OS.2H2/c1-20-3-2-4-21(6-5-20)12-9-23-15(19-12)13(22)11-7-10(16)8-18-14(11)17;;/h7-9H,2-6H2,1H3,(H2,17,18);2*1H. The third kappa shape index (κ3) is 3.70. The zero-order valence-corrected chi connectivity index (χ0v) is 15.2. The first kappa shape index (κ1) is 16.4. The average molecular weight is 400 g/mol. The molecule has 2 aromatic rings. The summed E-state index contributed by atoms with van der Waals surface area (Å²) < 4.78 is 0.724. The van der Waals surface area contributed by atoms with Gasteiger partial charge in [-0.3, -0.25) is 4.79 Å². The van der Waals surface area contributed by atoms with E-state index in [0.29, 0.717) is 10.6 Å². The lowest BCUT2D eigenvalue weighted by molar-refractivity contribution is 0.103. The Morgan fingerprint density at radius 2 is 2.22 bits per heavy atom. The molecule has 1 saturated heterocycles. The van der Waals surface area contributed by atoms with Gasteiger partial charge in [-0.05, 0) is 42.0 Å². The van der Waals surface area contributed by atoms with Crippen LogP contribution in [0.2, 0.25) is 0 Å². The fourth-order valence-corrected chi connectivity index (χ4v) is 3.65. The summed E-state index contributed by atoms with van der Waals surface area (Å²) in [6.07, 6.45) is 2.67. The highest BCUT2D eigenvalue weighted by Gasteiger charge is 2.20. The Hall–Kier alpha value is -1.51. The molecule has 23 heavy (non-hydrogen) atoms. The molecule has 0 amide bonds. The third-order valence-corrected chi connectivity index (χ3v) is 5.12. The topological polar surface area (TPSA) is 75.3 Å². The van der Waals surface area contributed by atoms with Crippen molar-refractivity contribution in [2.45, 2.75) is 6.42 Å². The number of rotatable bonds is 3. The van der Waals surface area contributed by atoms with E-state index in [1.54, 1.807) is 12.3 Å². The number of ketones is 1. The Labute approximate surface area is 150 Å². The summed E-state index contributed by atoms with van der Waals surface area (Å²) in [4.78, 5) is 25.7. The third-order valence-electron chi connectivity index (χ3n) is 3.86. The zero-order chi connectivity index (χ0) is 16.4. The number of pyridine rings is 1. The number of carbonyl (C=O) groups is 1. The molecule has 0 unspecified atom stereocenters. The number of thiazole rings is 1. The van der Waals surface area contributed by atoms with E-state index in [9.17, 15) is 4.79 Å². The van der Waals surface area contributed by atoms with Crippen molar-refractivity contribution in [1.82, 2.24) is 14.9 Å². The minimum Gasteiger partial charge on any atom is -0.383 e. The van der Waals surface area contributed by atoms with E-state index in [4.69, 9.17) is 5.73 Å². The van der Waals surface area contributed by atoms with Crippen molar-refractivity contribution in [2.24, 2.45) is 0 Å². The molecule has 8 heteroatoms. The van der Waals surface area contributed by atoms with Crippen LogP contribution in [-0.2, 0) is 0 Å². The molecule has 0 aromatic carbocycles. The predicted octanol–water partition coefficient (Wildman–Crippen LogP) is 2.75. The molecule has 0 aliphatic carbocycles. The van der Waals surface area contributed by atoms with Crippen molar-refractivity contribution in [3.05, 3.63) is 32.7 Å². The molecule has 3 rings (SSSR count). The van der Waals surface area contributed by atoms with E-state index < -0.39 is 0 Å². The van der Waals surface area contributed by atoms with E-state index in [0.717, 1.165) is 42.9 Å². The quantitative estimate of drug-likeness (QED) is 0.799. The SMILES string of the molecule is CN1CCCN(c2csc(C(=O)c3cc(Br)cnc3N)n2)CC1.[HH].[HH]. The highest BCUT2D eigenvalue weighted by atomic mass is 79.9. The van der Waals surface area contributed by atoms with Gasteiger partial charge in [-0.1, -0.05) is 0 Å². The Balaban J connectivity index is 0.00000156. The highest BCUT2D eigenvalue weighted by molar-refractivity contribution is 9.10. The summed E-state index contributed by atoms with van der Waals surface area (Å²) in [7, 11) is 2.13. The van der Waals surface area contributed by atoms with Crippen molar-refractivity contribution in [1.29, 1.82) is 0 Å². The van der Waals surface area contributed by atoms with Gasteiger partial charge < -0.3 is 15.5 Å². The van der Waals surface area contributed by atoms with Crippen LogP contribution in [0.3, 0.4) is 0 Å². The predicted molar refractivity (Wildman–Crippen MR) is 100 cm³/mol. The number of anilines is 2. The molecule has 0 spiro atoms. The largest absolute Gasteiger partial charge is 0.383 e. The Morgan fingerprint density at radius 1 is 1.39 bits per heavy atom. The lowest BCUT2D eigenvalue weighted by Gasteiger charge is -2.19. The first-order valence-corrected chi connectivity index (χ1v) is 9.06. The fraction of sp³-hybridized carbons (Fsp3) is 0.400. The van der Waals surface area contributed by atoms with Crippen LogP contribution in [-0.4, -0.2) is 53.9 Å². The smallest absolute Gasteiger partial charge is 0.225 e. The van der Waals surface area contributed by atoms with Gasteiger partial charge in [-0.15, -0.1) is 11.3 Å². The molecule has 0 bridgehead atoms. The molecule has 2 aromatic heterocycles. The normalized spacial score (nSPS) is 16.3. The van der Waals surface area contributed by atoms with Crippen molar-refractivity contribution in [3.8, 4) is 0 Å². The molecule has 1 aliphatic rings. The lowest BCUT2D eigenvalue weighted by atomic mass is 10.2. The molecule has 0 atom stereocenters. The molecule has 126 valence electrons. The second-order valence-corrected chi connectivity index (χ2v) is 7.34. The Kier molecular flexibility index (Phi) is 4.93. The number of carbonyl (C=O) groups excluding carboxylic acids is 1. The molecular weight excluding hydrogens is 378 g/mol. The van der Waals surface area contributed by atoms with Gasteiger partial charge in [0, 0.05) is 38.5 Å². The number of nitrogens with two attached hydrogens (primary N) is 1. The van der Waals surface area contributed by atoms with Crippen LogP contribution in [0, 0.1) is 0 Å². The highest BCUT2D eigenvalue weighted by Crippen LogP contribution is 2.24. The van der Waals surface area contributed by atoms with Gasteiger partial charge in [-0.25, -0.2) is 9.97 Å².